The second-order valence-corrected chi connectivity index (χ2v) is 23.1. The SMILES string of the molecule is CCc1c(F)ccc2cc(O)cc(-c3ncc4c(N5CC6CCC(C5)N6)nc(OCC5(CN6CC7(CCC(F)(CN8CCN(c9ccc%10c(c9)CN([C@H]9CCC(=O)NC9=O)C%10=O)CC8)CC7)C6)CC5)nc4c3F)c12. The number of carbonyl (C=O) groups excluding carboxylic acids is 3. The highest BCUT2D eigenvalue weighted by molar-refractivity contribution is 6.06. The second kappa shape index (κ2) is 18.0. The summed E-state index contributed by atoms with van der Waals surface area (Å²) in [5, 5.41) is 18.4. The van der Waals surface area contributed by atoms with Gasteiger partial charge in [-0.05, 0) is 128 Å². The van der Waals surface area contributed by atoms with Crippen LogP contribution in [0.1, 0.15) is 92.6 Å². The summed E-state index contributed by atoms with van der Waals surface area (Å²) in [5.74, 6) is -1.47. The van der Waals surface area contributed by atoms with Gasteiger partial charge >= 0.3 is 6.01 Å². The lowest BCUT2D eigenvalue weighted by atomic mass is 9.64. The van der Waals surface area contributed by atoms with E-state index in [1.165, 1.54) is 12.1 Å². The van der Waals surface area contributed by atoms with E-state index in [1.807, 2.05) is 25.1 Å². The van der Waals surface area contributed by atoms with E-state index in [0.29, 0.717) is 109 Å². The molecule has 388 valence electrons. The van der Waals surface area contributed by atoms with Crippen molar-refractivity contribution in [2.24, 2.45) is 10.8 Å². The van der Waals surface area contributed by atoms with Gasteiger partial charge in [0, 0.05) is 119 Å². The fourth-order valence-electron chi connectivity index (χ4n) is 13.8. The van der Waals surface area contributed by atoms with Crippen LogP contribution in [0.25, 0.3) is 32.9 Å². The minimum atomic E-state index is -1.22. The van der Waals surface area contributed by atoms with Crippen LogP contribution in [0.3, 0.4) is 0 Å². The summed E-state index contributed by atoms with van der Waals surface area (Å²) in [7, 11) is 0. The molecule has 18 heteroatoms. The number of phenols is 1. The summed E-state index contributed by atoms with van der Waals surface area (Å²) in [6.07, 6.45) is 9.47. The van der Waals surface area contributed by atoms with Crippen molar-refractivity contribution in [3.8, 4) is 23.0 Å². The van der Waals surface area contributed by atoms with Crippen molar-refractivity contribution in [2.45, 2.75) is 108 Å². The van der Waals surface area contributed by atoms with E-state index in [0.717, 1.165) is 95.6 Å². The minimum Gasteiger partial charge on any atom is -0.508 e. The number of amides is 3. The Kier molecular flexibility index (Phi) is 11.6. The molecule has 3 N–H and O–H groups in total. The van der Waals surface area contributed by atoms with E-state index in [1.54, 1.807) is 23.2 Å². The number of nitrogens with one attached hydrogen (secondary N) is 2. The average molecular weight is 1010 g/mol. The predicted molar refractivity (Wildman–Crippen MR) is 273 cm³/mol. The third kappa shape index (κ3) is 8.57. The third-order valence-corrected chi connectivity index (χ3v) is 18.0. The Bertz CT molecular complexity index is 3100. The smallest absolute Gasteiger partial charge is 0.319 e. The molecule has 3 amide bonds. The normalized spacial score (nSPS) is 25.2. The first-order chi connectivity index (χ1) is 35.7. The van der Waals surface area contributed by atoms with Crippen LogP contribution in [-0.2, 0) is 22.6 Å². The van der Waals surface area contributed by atoms with Gasteiger partial charge in [0.1, 0.15) is 40.3 Å². The number of halogens is 3. The number of alkyl halides is 1. The van der Waals surface area contributed by atoms with Crippen LogP contribution in [0.15, 0.2) is 48.7 Å². The van der Waals surface area contributed by atoms with E-state index < -0.39 is 29.3 Å². The second-order valence-electron chi connectivity index (χ2n) is 23.1. The Morgan fingerprint density at radius 3 is 2.34 bits per heavy atom. The molecular weight excluding hydrogens is 950 g/mol. The molecule has 3 atom stereocenters. The molecule has 8 aliphatic rings. The lowest BCUT2D eigenvalue weighted by molar-refractivity contribution is -0.136. The lowest BCUT2D eigenvalue weighted by Gasteiger charge is -2.55. The fourth-order valence-corrected chi connectivity index (χ4v) is 13.8. The van der Waals surface area contributed by atoms with Crippen LogP contribution >= 0.6 is 0 Å². The number of aromatic nitrogens is 3. The summed E-state index contributed by atoms with van der Waals surface area (Å²) < 4.78 is 55.6. The fraction of sp³-hybridized carbons (Fsp3) is 0.536. The molecule has 2 aromatic heterocycles. The molecule has 2 saturated carbocycles. The summed E-state index contributed by atoms with van der Waals surface area (Å²) in [6.45, 7) is 10.2. The highest BCUT2D eigenvalue weighted by Crippen LogP contribution is 2.53. The molecular formula is C56H63F3N10O5. The number of rotatable bonds is 12. The number of piperidine rings is 1. The van der Waals surface area contributed by atoms with Gasteiger partial charge in [0.15, 0.2) is 5.82 Å². The molecule has 1 spiro atoms. The zero-order chi connectivity index (χ0) is 50.7. The van der Waals surface area contributed by atoms with Crippen LogP contribution in [0, 0.1) is 22.5 Å². The van der Waals surface area contributed by atoms with Crippen LogP contribution < -0.4 is 25.2 Å². The first-order valence-corrected chi connectivity index (χ1v) is 26.8. The maximum atomic E-state index is 17.2. The number of phenolic OH excluding ortho intramolecular Hbond substituents is 1. The van der Waals surface area contributed by atoms with Crippen LogP contribution in [0.4, 0.5) is 24.7 Å². The Morgan fingerprint density at radius 1 is 0.838 bits per heavy atom. The van der Waals surface area contributed by atoms with Gasteiger partial charge in [-0.3, -0.25) is 29.6 Å². The summed E-state index contributed by atoms with van der Waals surface area (Å²) in [5.41, 5.74) is 2.09. The van der Waals surface area contributed by atoms with Gasteiger partial charge < -0.3 is 34.8 Å². The number of piperazine rings is 2. The molecule has 15 nitrogen and oxygen atoms in total. The zero-order valence-corrected chi connectivity index (χ0v) is 41.9. The molecule has 2 aliphatic carbocycles. The number of benzene rings is 3. The first-order valence-electron chi connectivity index (χ1n) is 26.8. The van der Waals surface area contributed by atoms with Gasteiger partial charge in [-0.25, -0.2) is 13.2 Å². The largest absolute Gasteiger partial charge is 0.508 e. The highest BCUT2D eigenvalue weighted by Gasteiger charge is 2.54. The van der Waals surface area contributed by atoms with Crippen molar-refractivity contribution in [3.63, 3.8) is 0 Å². The van der Waals surface area contributed by atoms with Crippen molar-refractivity contribution >= 4 is 50.9 Å². The molecule has 0 radical (unpaired) electrons. The van der Waals surface area contributed by atoms with E-state index in [9.17, 15) is 19.5 Å². The maximum Gasteiger partial charge on any atom is 0.319 e. The molecule has 74 heavy (non-hydrogen) atoms. The van der Waals surface area contributed by atoms with Gasteiger partial charge in [-0.1, -0.05) is 13.0 Å². The predicted octanol–water partition coefficient (Wildman–Crippen LogP) is 6.66. The number of hydrogen-bond donors (Lipinski definition) is 3. The van der Waals surface area contributed by atoms with E-state index in [4.69, 9.17) is 14.7 Å². The van der Waals surface area contributed by atoms with Gasteiger partial charge in [-0.2, -0.15) is 9.97 Å². The van der Waals surface area contributed by atoms with E-state index >= 15 is 13.2 Å². The zero-order valence-electron chi connectivity index (χ0n) is 41.9. The number of anilines is 2. The monoisotopic (exact) mass is 1010 g/mol. The van der Waals surface area contributed by atoms with Crippen molar-refractivity contribution in [1.82, 2.24) is 40.3 Å². The lowest BCUT2D eigenvalue weighted by Crippen LogP contribution is -2.61. The van der Waals surface area contributed by atoms with E-state index in [2.05, 4.69) is 35.2 Å². The molecule has 5 aromatic rings. The van der Waals surface area contributed by atoms with Crippen molar-refractivity contribution in [3.05, 3.63) is 77.0 Å². The number of aromatic hydroxyl groups is 1. The van der Waals surface area contributed by atoms with Crippen LogP contribution in [-0.4, -0.2) is 148 Å². The van der Waals surface area contributed by atoms with Gasteiger partial charge in [0.25, 0.3) is 5.91 Å². The minimum absolute atomic E-state index is 0.0249. The maximum absolute atomic E-state index is 17.2. The number of aryl methyl sites for hydroxylation is 1. The van der Waals surface area contributed by atoms with Gasteiger partial charge in [0.2, 0.25) is 11.8 Å². The van der Waals surface area contributed by atoms with Crippen LogP contribution in [0.5, 0.6) is 11.8 Å². The number of fused-ring (bicyclic) bond motifs is 5. The number of nitrogens with zero attached hydrogens (tertiary/aromatic N) is 8. The quantitative estimate of drug-likeness (QED) is 0.114. The van der Waals surface area contributed by atoms with Gasteiger partial charge in [-0.15, -0.1) is 0 Å². The Hall–Kier alpha value is -6.11. The Morgan fingerprint density at radius 2 is 1.61 bits per heavy atom. The van der Waals surface area contributed by atoms with Gasteiger partial charge in [0.05, 0.1) is 12.0 Å². The molecule has 8 heterocycles. The third-order valence-electron chi connectivity index (χ3n) is 18.0. The summed E-state index contributed by atoms with van der Waals surface area (Å²) in [4.78, 5) is 62.6. The average Bonchev–Trinajstić information content (AvgIpc) is 3.96. The van der Waals surface area contributed by atoms with Crippen molar-refractivity contribution < 1.29 is 37.4 Å². The Balaban J connectivity index is 0.634. The molecule has 7 fully saturated rings. The first kappa shape index (κ1) is 47.6. The number of likely N-dealkylation sites (tertiary alicyclic amines) is 1. The number of imide groups is 1. The topological polar surface area (TPSA) is 160 Å². The summed E-state index contributed by atoms with van der Waals surface area (Å²) in [6, 6.07) is 11.9. The van der Waals surface area contributed by atoms with Crippen molar-refractivity contribution in [2.75, 3.05) is 81.9 Å². The highest BCUT2D eigenvalue weighted by atomic mass is 19.1. The Labute approximate surface area is 427 Å². The number of carbonyl (C=O) groups is 3. The standard InChI is InChI=1S/C56H63F3N10O5/c1-2-39-43(57)8-3-33-22-38(70)23-41(46(33)39)48-47(58)49-42(24-60-48)50(68-26-35-4-5-36(27-68)61-35)64-53(63-49)74-32-55(11-12-55)30-66-28-54(29-66)13-15-56(59,16-14-54)31-65-17-19-67(20-18-65)37-6-7-40-34(21-37)25-69(52(40)73)44-9-10-45(71)62-51(44)72/h3,6-8,21-24,35-36,44,61,70H,2,4-5,9-20,25-32H2,1H3,(H,62,71,72)/t35?,36?,44-/m0/s1. The molecule has 3 aromatic carbocycles. The number of hydrogen-bond acceptors (Lipinski definition) is 13. The van der Waals surface area contributed by atoms with Crippen molar-refractivity contribution in [1.29, 1.82) is 0 Å². The molecule has 13 rings (SSSR count). The molecule has 2 unspecified atom stereocenters. The molecule has 5 saturated heterocycles. The number of pyridine rings is 1. The summed E-state index contributed by atoms with van der Waals surface area (Å²) >= 11 is 0. The molecule has 6 aliphatic heterocycles. The van der Waals surface area contributed by atoms with Crippen LogP contribution in [0.2, 0.25) is 0 Å². The van der Waals surface area contributed by atoms with E-state index in [-0.39, 0.29) is 52.0 Å². The molecule has 2 bridgehead atoms. The number of ether oxygens (including phenoxy) is 1.